The van der Waals surface area contributed by atoms with Gasteiger partial charge in [0.15, 0.2) is 0 Å². The maximum Gasteiger partial charge on any atom is 0.125 e. The molecule has 0 aromatic heterocycles. The summed E-state index contributed by atoms with van der Waals surface area (Å²) in [7, 11) is 2.02. The molecule has 100 valence electrons. The van der Waals surface area contributed by atoms with Gasteiger partial charge < -0.3 is 5.73 Å². The number of rotatable bonds is 4. The van der Waals surface area contributed by atoms with Crippen LogP contribution in [0.15, 0.2) is 42.5 Å². The van der Waals surface area contributed by atoms with Gasteiger partial charge in [-0.05, 0) is 48.9 Å². The zero-order chi connectivity index (χ0) is 13.8. The fourth-order valence-electron chi connectivity index (χ4n) is 2.21. The highest BCUT2D eigenvalue weighted by atomic mass is 19.1. The van der Waals surface area contributed by atoms with Gasteiger partial charge in [-0.15, -0.1) is 0 Å². The van der Waals surface area contributed by atoms with Crippen LogP contribution in [0.4, 0.5) is 10.1 Å². The molecule has 0 aliphatic carbocycles. The van der Waals surface area contributed by atoms with Crippen LogP contribution in [-0.2, 0) is 13.1 Å². The minimum absolute atomic E-state index is 0.278. The monoisotopic (exact) mass is 258 g/mol. The van der Waals surface area contributed by atoms with Gasteiger partial charge >= 0.3 is 0 Å². The first kappa shape index (κ1) is 13.6. The summed E-state index contributed by atoms with van der Waals surface area (Å²) in [6, 6.07) is 13.0. The predicted octanol–water partition coefficient (Wildman–Crippen LogP) is 3.35. The molecule has 0 fully saturated rings. The number of anilines is 1. The molecule has 2 aromatic carbocycles. The van der Waals surface area contributed by atoms with Crippen LogP contribution in [0, 0.1) is 12.7 Å². The molecule has 0 amide bonds. The largest absolute Gasteiger partial charge is 0.399 e. The molecule has 0 heterocycles. The van der Waals surface area contributed by atoms with E-state index in [2.05, 4.69) is 24.0 Å². The predicted molar refractivity (Wildman–Crippen MR) is 77.2 cm³/mol. The maximum absolute atomic E-state index is 13.3. The molecule has 0 aliphatic heterocycles. The van der Waals surface area contributed by atoms with Gasteiger partial charge in [-0.2, -0.15) is 0 Å². The third kappa shape index (κ3) is 3.80. The molecule has 2 nitrogen and oxygen atoms in total. The first-order valence-electron chi connectivity index (χ1n) is 6.32. The Morgan fingerprint density at radius 3 is 2.53 bits per heavy atom. The number of nitrogens with zero attached hydrogens (tertiary/aromatic N) is 1. The van der Waals surface area contributed by atoms with Gasteiger partial charge in [-0.3, -0.25) is 4.90 Å². The summed E-state index contributed by atoms with van der Waals surface area (Å²) in [6.45, 7) is 3.61. The van der Waals surface area contributed by atoms with Crippen molar-refractivity contribution in [3.05, 3.63) is 65.0 Å². The van der Waals surface area contributed by atoms with Gasteiger partial charge in [0.1, 0.15) is 5.82 Å². The fraction of sp³-hybridized carbons (Fsp3) is 0.250. The maximum atomic E-state index is 13.3. The Labute approximate surface area is 113 Å². The van der Waals surface area contributed by atoms with Gasteiger partial charge in [0, 0.05) is 18.8 Å². The number of hydrogen-bond acceptors (Lipinski definition) is 2. The van der Waals surface area contributed by atoms with E-state index in [4.69, 9.17) is 5.73 Å². The van der Waals surface area contributed by atoms with Crippen molar-refractivity contribution in [3.8, 4) is 0 Å². The summed E-state index contributed by atoms with van der Waals surface area (Å²) in [5.41, 5.74) is 9.58. The number of nitrogens with two attached hydrogens (primary N) is 1. The molecular formula is C16H19FN2. The van der Waals surface area contributed by atoms with Crippen molar-refractivity contribution >= 4 is 5.69 Å². The van der Waals surface area contributed by atoms with E-state index in [9.17, 15) is 4.39 Å². The van der Waals surface area contributed by atoms with Crippen molar-refractivity contribution in [2.75, 3.05) is 12.8 Å². The lowest BCUT2D eigenvalue weighted by Crippen LogP contribution is -2.18. The zero-order valence-corrected chi connectivity index (χ0v) is 11.4. The normalized spacial score (nSPS) is 10.9. The van der Waals surface area contributed by atoms with E-state index in [-0.39, 0.29) is 5.82 Å². The summed E-state index contributed by atoms with van der Waals surface area (Å²) >= 11 is 0. The van der Waals surface area contributed by atoms with E-state index in [1.54, 1.807) is 0 Å². The topological polar surface area (TPSA) is 29.3 Å². The Bertz CT molecular complexity index is 546. The molecule has 19 heavy (non-hydrogen) atoms. The summed E-state index contributed by atoms with van der Waals surface area (Å²) in [5, 5.41) is 0. The van der Waals surface area contributed by atoms with E-state index in [1.807, 2.05) is 25.2 Å². The second kappa shape index (κ2) is 5.85. The van der Waals surface area contributed by atoms with Crippen LogP contribution in [0.25, 0.3) is 0 Å². The summed E-state index contributed by atoms with van der Waals surface area (Å²) in [5.74, 6) is -0.278. The summed E-state index contributed by atoms with van der Waals surface area (Å²) < 4.78 is 13.3. The fourth-order valence-corrected chi connectivity index (χ4v) is 2.21. The zero-order valence-electron chi connectivity index (χ0n) is 11.4. The molecule has 0 saturated heterocycles. The van der Waals surface area contributed by atoms with Crippen molar-refractivity contribution in [2.24, 2.45) is 0 Å². The molecule has 2 N–H and O–H groups in total. The van der Waals surface area contributed by atoms with Crippen LogP contribution in [0.3, 0.4) is 0 Å². The van der Waals surface area contributed by atoms with Crippen molar-refractivity contribution in [1.29, 1.82) is 0 Å². The van der Waals surface area contributed by atoms with E-state index in [0.29, 0.717) is 12.2 Å². The molecule has 0 radical (unpaired) electrons. The van der Waals surface area contributed by atoms with Crippen LogP contribution in [-0.4, -0.2) is 11.9 Å². The van der Waals surface area contributed by atoms with Crippen LogP contribution >= 0.6 is 0 Å². The molecule has 0 unspecified atom stereocenters. The second-order valence-corrected chi connectivity index (χ2v) is 4.99. The van der Waals surface area contributed by atoms with E-state index in [1.165, 1.54) is 23.3 Å². The van der Waals surface area contributed by atoms with Crippen LogP contribution in [0.5, 0.6) is 0 Å². The molecule has 2 rings (SSSR count). The lowest BCUT2D eigenvalue weighted by molar-refractivity contribution is 0.318. The van der Waals surface area contributed by atoms with Gasteiger partial charge in [0.2, 0.25) is 0 Å². The third-order valence-electron chi connectivity index (χ3n) is 3.13. The van der Waals surface area contributed by atoms with Gasteiger partial charge in [-0.25, -0.2) is 4.39 Å². The van der Waals surface area contributed by atoms with E-state index < -0.39 is 0 Å². The minimum atomic E-state index is -0.278. The highest BCUT2D eigenvalue weighted by Gasteiger charge is 2.05. The molecule has 0 bridgehead atoms. The number of halogens is 1. The summed E-state index contributed by atoms with van der Waals surface area (Å²) in [6.07, 6.45) is 0. The molecule has 0 atom stereocenters. The number of aryl methyl sites for hydroxylation is 1. The lowest BCUT2D eigenvalue weighted by Gasteiger charge is -2.18. The number of nitrogen functional groups attached to an aromatic ring is 1. The molecular weight excluding hydrogens is 239 g/mol. The highest BCUT2D eigenvalue weighted by Crippen LogP contribution is 2.15. The van der Waals surface area contributed by atoms with Gasteiger partial charge in [0.05, 0.1) is 0 Å². The Morgan fingerprint density at radius 1 is 1.11 bits per heavy atom. The SMILES string of the molecule is Cc1ccccc1CN(C)Cc1cc(N)cc(F)c1. The first-order chi connectivity index (χ1) is 9.04. The Kier molecular flexibility index (Phi) is 4.17. The quantitative estimate of drug-likeness (QED) is 0.852. The van der Waals surface area contributed by atoms with Crippen LogP contribution < -0.4 is 5.73 Å². The van der Waals surface area contributed by atoms with Crippen molar-refractivity contribution in [2.45, 2.75) is 20.0 Å². The van der Waals surface area contributed by atoms with Crippen molar-refractivity contribution < 1.29 is 4.39 Å². The molecule has 0 spiro atoms. The molecule has 0 aliphatic rings. The smallest absolute Gasteiger partial charge is 0.125 e. The summed E-state index contributed by atoms with van der Waals surface area (Å²) in [4.78, 5) is 2.15. The molecule has 3 heteroatoms. The van der Waals surface area contributed by atoms with E-state index >= 15 is 0 Å². The standard InChI is InChI=1S/C16H19FN2/c1-12-5-3-4-6-14(12)11-19(2)10-13-7-15(17)9-16(18)8-13/h3-9H,10-11,18H2,1-2H3. The minimum Gasteiger partial charge on any atom is -0.399 e. The van der Waals surface area contributed by atoms with Gasteiger partial charge in [0.25, 0.3) is 0 Å². The Balaban J connectivity index is 2.05. The number of hydrogen-bond donors (Lipinski definition) is 1. The van der Waals surface area contributed by atoms with Crippen molar-refractivity contribution in [3.63, 3.8) is 0 Å². The highest BCUT2D eigenvalue weighted by molar-refractivity contribution is 5.41. The van der Waals surface area contributed by atoms with E-state index in [0.717, 1.165) is 12.1 Å². The first-order valence-corrected chi connectivity index (χ1v) is 6.32. The van der Waals surface area contributed by atoms with Crippen molar-refractivity contribution in [1.82, 2.24) is 4.90 Å². The average molecular weight is 258 g/mol. The third-order valence-corrected chi connectivity index (χ3v) is 3.13. The lowest BCUT2D eigenvalue weighted by atomic mass is 10.1. The average Bonchev–Trinajstić information content (AvgIpc) is 2.30. The van der Waals surface area contributed by atoms with Gasteiger partial charge in [-0.1, -0.05) is 24.3 Å². The number of benzene rings is 2. The molecule has 2 aromatic rings. The Morgan fingerprint density at radius 2 is 1.84 bits per heavy atom. The molecule has 0 saturated carbocycles. The van der Waals surface area contributed by atoms with Crippen LogP contribution in [0.2, 0.25) is 0 Å². The Hall–Kier alpha value is -1.87. The second-order valence-electron chi connectivity index (χ2n) is 4.99. The van der Waals surface area contributed by atoms with Crippen LogP contribution in [0.1, 0.15) is 16.7 Å².